The molecule has 3 rings (SSSR count). The van der Waals surface area contributed by atoms with Gasteiger partial charge in [0.05, 0.1) is 23.5 Å². The average molecular weight is 347 g/mol. The highest BCUT2D eigenvalue weighted by molar-refractivity contribution is 7.10. The standard InChI is InChI=1S/C18H24N4OS/c1-14(20-18(23)15-5-3-7-19-13-15)17(16-6-4-12-24-16)22-10-8-21(2)9-11-22/h3-7,12-14,17H,8-11H2,1-2H3,(H,20,23)/p+2. The minimum atomic E-state index is -0.0451. The Kier molecular flexibility index (Phi) is 5.60. The number of thiophene rings is 1. The molecule has 0 radical (unpaired) electrons. The fourth-order valence-corrected chi connectivity index (χ4v) is 4.44. The lowest BCUT2D eigenvalue weighted by atomic mass is 10.0. The van der Waals surface area contributed by atoms with E-state index in [9.17, 15) is 4.79 Å². The lowest BCUT2D eigenvalue weighted by molar-refractivity contribution is -1.02. The Balaban J connectivity index is 1.74. The number of quaternary nitrogens is 2. The third-order valence-electron chi connectivity index (χ3n) is 4.82. The van der Waals surface area contributed by atoms with Crippen LogP contribution in [0.25, 0.3) is 0 Å². The van der Waals surface area contributed by atoms with Gasteiger partial charge in [-0.15, -0.1) is 11.3 Å². The number of hydrogen-bond acceptors (Lipinski definition) is 3. The molecule has 2 atom stereocenters. The molecule has 24 heavy (non-hydrogen) atoms. The van der Waals surface area contributed by atoms with Crippen molar-refractivity contribution in [3.05, 3.63) is 52.5 Å². The quantitative estimate of drug-likeness (QED) is 0.678. The summed E-state index contributed by atoms with van der Waals surface area (Å²) in [4.78, 5) is 21.1. The number of piperazine rings is 1. The van der Waals surface area contributed by atoms with Gasteiger partial charge in [0, 0.05) is 12.4 Å². The number of amides is 1. The Hall–Kier alpha value is -1.76. The van der Waals surface area contributed by atoms with Gasteiger partial charge in [0.15, 0.2) is 0 Å². The molecular formula is C18H26N4OS+2. The molecule has 1 amide bonds. The minimum absolute atomic E-state index is 0.0451. The van der Waals surface area contributed by atoms with Crippen LogP contribution in [0.3, 0.4) is 0 Å². The van der Waals surface area contributed by atoms with Gasteiger partial charge in [-0.1, -0.05) is 6.07 Å². The molecule has 1 fully saturated rings. The van der Waals surface area contributed by atoms with Crippen molar-refractivity contribution in [3.8, 4) is 0 Å². The van der Waals surface area contributed by atoms with Crippen LogP contribution in [0.15, 0.2) is 42.0 Å². The van der Waals surface area contributed by atoms with Crippen molar-refractivity contribution < 1.29 is 14.6 Å². The summed E-state index contributed by atoms with van der Waals surface area (Å²) < 4.78 is 0. The second kappa shape index (κ2) is 7.88. The molecule has 5 nitrogen and oxygen atoms in total. The number of aromatic nitrogens is 1. The zero-order chi connectivity index (χ0) is 16.9. The first kappa shape index (κ1) is 17.1. The molecule has 3 heterocycles. The zero-order valence-corrected chi connectivity index (χ0v) is 15.1. The number of pyridine rings is 1. The SMILES string of the molecule is CC(NC(=O)c1cccnc1)C(c1cccs1)[NH+]1CC[NH+](C)CC1. The summed E-state index contributed by atoms with van der Waals surface area (Å²) >= 11 is 1.79. The summed E-state index contributed by atoms with van der Waals surface area (Å²) in [6.45, 7) is 6.76. The molecule has 2 aromatic heterocycles. The molecule has 0 aliphatic carbocycles. The normalized spacial score (nSPS) is 23.4. The highest BCUT2D eigenvalue weighted by Gasteiger charge is 2.34. The lowest BCUT2D eigenvalue weighted by Gasteiger charge is -2.36. The van der Waals surface area contributed by atoms with Crippen LogP contribution < -0.4 is 15.1 Å². The Morgan fingerprint density at radius 1 is 1.25 bits per heavy atom. The number of nitrogens with zero attached hydrogens (tertiary/aromatic N) is 1. The number of carbonyl (C=O) groups is 1. The molecule has 1 aliphatic rings. The third kappa shape index (κ3) is 4.01. The maximum absolute atomic E-state index is 12.5. The van der Waals surface area contributed by atoms with Gasteiger partial charge < -0.3 is 15.1 Å². The highest BCUT2D eigenvalue weighted by Crippen LogP contribution is 2.20. The van der Waals surface area contributed by atoms with Crippen LogP contribution in [-0.2, 0) is 0 Å². The van der Waals surface area contributed by atoms with Crippen molar-refractivity contribution in [1.29, 1.82) is 0 Å². The Bertz CT molecular complexity index is 638. The summed E-state index contributed by atoms with van der Waals surface area (Å²) in [6, 6.07) is 8.28. The van der Waals surface area contributed by atoms with Crippen LogP contribution in [-0.4, -0.2) is 50.2 Å². The molecule has 1 saturated heterocycles. The average Bonchev–Trinajstić information content (AvgIpc) is 3.11. The lowest BCUT2D eigenvalue weighted by Crippen LogP contribution is -3.27. The topological polar surface area (TPSA) is 50.9 Å². The van der Waals surface area contributed by atoms with E-state index in [2.05, 4.69) is 41.8 Å². The van der Waals surface area contributed by atoms with Gasteiger partial charge in [-0.05, 0) is 30.5 Å². The van der Waals surface area contributed by atoms with Crippen LogP contribution in [0.2, 0.25) is 0 Å². The van der Waals surface area contributed by atoms with E-state index in [1.165, 1.54) is 18.0 Å². The molecule has 2 unspecified atom stereocenters. The zero-order valence-electron chi connectivity index (χ0n) is 14.3. The van der Waals surface area contributed by atoms with Crippen molar-refractivity contribution in [1.82, 2.24) is 10.3 Å². The first-order chi connectivity index (χ1) is 11.6. The monoisotopic (exact) mass is 346 g/mol. The van der Waals surface area contributed by atoms with E-state index in [4.69, 9.17) is 0 Å². The number of nitrogens with one attached hydrogen (secondary N) is 3. The van der Waals surface area contributed by atoms with E-state index >= 15 is 0 Å². The number of carbonyl (C=O) groups excluding carboxylic acids is 1. The van der Waals surface area contributed by atoms with E-state index in [1.807, 2.05) is 0 Å². The predicted molar refractivity (Wildman–Crippen MR) is 95.5 cm³/mol. The smallest absolute Gasteiger partial charge is 0.253 e. The Morgan fingerprint density at radius 2 is 2.04 bits per heavy atom. The fraction of sp³-hybridized carbons (Fsp3) is 0.444. The first-order valence-corrected chi connectivity index (χ1v) is 9.43. The van der Waals surface area contributed by atoms with Gasteiger partial charge in [-0.3, -0.25) is 9.78 Å². The van der Waals surface area contributed by atoms with Crippen molar-refractivity contribution in [2.75, 3.05) is 33.2 Å². The summed E-state index contributed by atoms with van der Waals surface area (Å²) in [5.74, 6) is -0.0451. The minimum Gasteiger partial charge on any atom is -0.343 e. The molecule has 1 aliphatic heterocycles. The van der Waals surface area contributed by atoms with Crippen molar-refractivity contribution in [3.63, 3.8) is 0 Å². The van der Waals surface area contributed by atoms with Gasteiger partial charge in [-0.2, -0.15) is 0 Å². The van der Waals surface area contributed by atoms with Crippen LogP contribution in [0, 0.1) is 0 Å². The summed E-state index contributed by atoms with van der Waals surface area (Å²) in [6.07, 6.45) is 3.31. The van der Waals surface area contributed by atoms with Gasteiger partial charge in [-0.25, -0.2) is 0 Å². The molecule has 6 heteroatoms. The second-order valence-corrected chi connectivity index (χ2v) is 7.59. The largest absolute Gasteiger partial charge is 0.343 e. The number of rotatable bonds is 5. The van der Waals surface area contributed by atoms with E-state index in [0.717, 1.165) is 13.1 Å². The Morgan fingerprint density at radius 3 is 2.67 bits per heavy atom. The molecule has 0 saturated carbocycles. The Labute approximate surface area is 147 Å². The number of likely N-dealkylation sites (N-methyl/N-ethyl adjacent to an activating group) is 1. The van der Waals surface area contributed by atoms with E-state index in [1.54, 1.807) is 45.7 Å². The van der Waals surface area contributed by atoms with Crippen LogP contribution in [0.4, 0.5) is 0 Å². The maximum Gasteiger partial charge on any atom is 0.253 e. The van der Waals surface area contributed by atoms with Crippen LogP contribution >= 0.6 is 11.3 Å². The van der Waals surface area contributed by atoms with Crippen molar-refractivity contribution >= 4 is 17.2 Å². The predicted octanol–water partition coefficient (Wildman–Crippen LogP) is -0.584. The van der Waals surface area contributed by atoms with E-state index in [-0.39, 0.29) is 11.9 Å². The van der Waals surface area contributed by atoms with Crippen LogP contribution in [0.5, 0.6) is 0 Å². The molecular weight excluding hydrogens is 320 g/mol. The second-order valence-electron chi connectivity index (χ2n) is 6.61. The highest BCUT2D eigenvalue weighted by atomic mass is 32.1. The van der Waals surface area contributed by atoms with Gasteiger partial charge in [0.1, 0.15) is 32.2 Å². The van der Waals surface area contributed by atoms with Gasteiger partial charge in [0.25, 0.3) is 5.91 Å². The number of hydrogen-bond donors (Lipinski definition) is 3. The van der Waals surface area contributed by atoms with Crippen molar-refractivity contribution in [2.45, 2.75) is 19.0 Å². The summed E-state index contributed by atoms with van der Waals surface area (Å²) in [5, 5.41) is 5.32. The van der Waals surface area contributed by atoms with Gasteiger partial charge in [0.2, 0.25) is 0 Å². The molecule has 3 N–H and O–H groups in total. The fourth-order valence-electron chi connectivity index (χ4n) is 3.45. The van der Waals surface area contributed by atoms with E-state index in [0.29, 0.717) is 11.6 Å². The maximum atomic E-state index is 12.5. The molecule has 0 spiro atoms. The van der Waals surface area contributed by atoms with Crippen molar-refractivity contribution in [2.24, 2.45) is 0 Å². The summed E-state index contributed by atoms with van der Waals surface area (Å²) in [5.41, 5.74) is 0.618. The summed E-state index contributed by atoms with van der Waals surface area (Å²) in [7, 11) is 2.25. The molecule has 0 bridgehead atoms. The first-order valence-electron chi connectivity index (χ1n) is 8.55. The molecule has 0 aromatic carbocycles. The van der Waals surface area contributed by atoms with E-state index < -0.39 is 0 Å². The molecule has 2 aromatic rings. The van der Waals surface area contributed by atoms with Gasteiger partial charge >= 0.3 is 0 Å². The third-order valence-corrected chi connectivity index (χ3v) is 5.77. The van der Waals surface area contributed by atoms with Crippen LogP contribution in [0.1, 0.15) is 28.2 Å². The molecule has 128 valence electrons.